The van der Waals surface area contributed by atoms with Gasteiger partial charge in [0.25, 0.3) is 0 Å². The fraction of sp³-hybridized carbons (Fsp3) is 0.471. The Morgan fingerprint density at radius 2 is 1.75 bits per heavy atom. The lowest BCUT2D eigenvalue weighted by atomic mass is 10.0. The summed E-state index contributed by atoms with van der Waals surface area (Å²) in [5.74, 6) is -4.41. The molecular formula is C17H26N3O7P. The average Bonchev–Trinajstić information content (AvgIpc) is 2.59. The van der Waals surface area contributed by atoms with E-state index in [2.05, 4.69) is 10.6 Å². The molecule has 0 radical (unpaired) electrons. The summed E-state index contributed by atoms with van der Waals surface area (Å²) in [4.78, 5) is 54.2. The molecule has 1 rings (SSSR count). The average molecular weight is 415 g/mol. The summed E-state index contributed by atoms with van der Waals surface area (Å²) in [6, 6.07) is 6.20. The minimum atomic E-state index is -4.61. The second-order valence-corrected chi connectivity index (χ2v) is 8.17. The molecule has 0 aliphatic carbocycles. The van der Waals surface area contributed by atoms with Crippen molar-refractivity contribution in [2.75, 3.05) is 0 Å². The molecular weight excluding hydrogens is 389 g/mol. The first-order valence-corrected chi connectivity index (χ1v) is 10.4. The molecule has 0 spiro atoms. The van der Waals surface area contributed by atoms with Gasteiger partial charge in [0.1, 0.15) is 11.8 Å². The van der Waals surface area contributed by atoms with Crippen molar-refractivity contribution in [1.29, 1.82) is 0 Å². The molecule has 28 heavy (non-hydrogen) atoms. The Labute approximate surface area is 162 Å². The van der Waals surface area contributed by atoms with E-state index >= 15 is 0 Å². The summed E-state index contributed by atoms with van der Waals surface area (Å²) in [7, 11) is -4.61. The summed E-state index contributed by atoms with van der Waals surface area (Å²) >= 11 is 0. The summed E-state index contributed by atoms with van der Waals surface area (Å²) in [6.45, 7) is 1.69. The van der Waals surface area contributed by atoms with Gasteiger partial charge in [0.05, 0.1) is 12.5 Å². The number of rotatable bonds is 12. The number of aliphatic carboxylic acids is 1. The lowest BCUT2D eigenvalue weighted by Gasteiger charge is -2.26. The number of carbonyl (C=O) groups is 3. The van der Waals surface area contributed by atoms with Gasteiger partial charge >= 0.3 is 13.6 Å². The molecule has 7 N–H and O–H groups in total. The first-order chi connectivity index (χ1) is 13.0. The highest BCUT2D eigenvalue weighted by atomic mass is 31.2. The lowest BCUT2D eigenvalue weighted by Crippen LogP contribution is -2.54. The van der Waals surface area contributed by atoms with E-state index in [1.807, 2.05) is 0 Å². The zero-order valence-corrected chi connectivity index (χ0v) is 16.3. The number of hydrogen-bond donors (Lipinski definition) is 6. The Balaban J connectivity index is 2.95. The van der Waals surface area contributed by atoms with Crippen LogP contribution in [0.25, 0.3) is 0 Å². The van der Waals surface area contributed by atoms with Gasteiger partial charge in [0.2, 0.25) is 11.8 Å². The number of carbonyl (C=O) groups excluding carboxylic acids is 2. The van der Waals surface area contributed by atoms with Crippen LogP contribution >= 0.6 is 7.60 Å². The molecule has 156 valence electrons. The minimum Gasteiger partial charge on any atom is -0.481 e. The number of amides is 2. The summed E-state index contributed by atoms with van der Waals surface area (Å²) in [5, 5.41) is 13.9. The van der Waals surface area contributed by atoms with Crippen LogP contribution in [0.4, 0.5) is 0 Å². The van der Waals surface area contributed by atoms with Crippen molar-refractivity contribution in [3.05, 3.63) is 35.9 Å². The zero-order valence-electron chi connectivity index (χ0n) is 15.4. The SMILES string of the molecule is CCCC(N[C@@H](CC(=O)O)C(=O)N[C@@H](Cc1ccccc1)C(N)=O)P(=O)(O)O. The minimum absolute atomic E-state index is 0.0386. The standard InChI is InChI=1S/C17H26N3O7P/c1-2-6-14(28(25,26)27)19-13(10-15(21)22)17(24)20-12(16(18)23)9-11-7-4-3-5-8-11/h3-5,7-8,12-14,19H,2,6,9-10H2,1H3,(H2,18,23)(H,20,24)(H,21,22)(H2,25,26,27)/t12-,13-,14?/m0/s1. The molecule has 0 saturated carbocycles. The first kappa shape index (κ1) is 23.8. The monoisotopic (exact) mass is 415 g/mol. The van der Waals surface area contributed by atoms with Gasteiger partial charge in [-0.25, -0.2) is 0 Å². The predicted octanol–water partition coefficient (Wildman–Crippen LogP) is -0.0640. The molecule has 0 heterocycles. The van der Waals surface area contributed by atoms with E-state index in [-0.39, 0.29) is 12.8 Å². The highest BCUT2D eigenvalue weighted by Gasteiger charge is 2.34. The van der Waals surface area contributed by atoms with E-state index in [9.17, 15) is 28.7 Å². The number of carboxylic acid groups (broad SMARTS) is 1. The van der Waals surface area contributed by atoms with Gasteiger partial charge < -0.3 is 25.9 Å². The van der Waals surface area contributed by atoms with Crippen LogP contribution in [0.3, 0.4) is 0 Å². The highest BCUT2D eigenvalue weighted by molar-refractivity contribution is 7.52. The highest BCUT2D eigenvalue weighted by Crippen LogP contribution is 2.42. The molecule has 0 fully saturated rings. The van der Waals surface area contributed by atoms with E-state index < -0.39 is 49.7 Å². The van der Waals surface area contributed by atoms with Gasteiger partial charge in [0, 0.05) is 6.42 Å². The van der Waals surface area contributed by atoms with E-state index in [0.717, 1.165) is 5.56 Å². The molecule has 0 aliphatic heterocycles. The van der Waals surface area contributed by atoms with E-state index in [1.54, 1.807) is 37.3 Å². The Bertz CT molecular complexity index is 723. The van der Waals surface area contributed by atoms with Crippen molar-refractivity contribution in [2.24, 2.45) is 5.73 Å². The molecule has 1 aromatic carbocycles. The van der Waals surface area contributed by atoms with Crippen molar-refractivity contribution in [3.63, 3.8) is 0 Å². The largest absolute Gasteiger partial charge is 0.481 e. The van der Waals surface area contributed by atoms with Crippen LogP contribution < -0.4 is 16.4 Å². The third-order valence-electron chi connectivity index (χ3n) is 4.00. The van der Waals surface area contributed by atoms with Gasteiger partial charge in [-0.2, -0.15) is 0 Å². The summed E-state index contributed by atoms with van der Waals surface area (Å²) in [5.41, 5.74) is 6.07. The fourth-order valence-electron chi connectivity index (χ4n) is 2.60. The second-order valence-electron chi connectivity index (χ2n) is 6.36. The Kier molecular flexibility index (Phi) is 9.27. The molecule has 0 bridgehead atoms. The number of hydrogen-bond acceptors (Lipinski definition) is 5. The first-order valence-electron chi connectivity index (χ1n) is 8.71. The van der Waals surface area contributed by atoms with Crippen LogP contribution in [0.15, 0.2) is 30.3 Å². The molecule has 0 saturated heterocycles. The van der Waals surface area contributed by atoms with Crippen molar-refractivity contribution in [3.8, 4) is 0 Å². The zero-order chi connectivity index (χ0) is 21.3. The van der Waals surface area contributed by atoms with Gasteiger partial charge in [-0.15, -0.1) is 0 Å². The molecule has 10 nitrogen and oxygen atoms in total. The fourth-order valence-corrected chi connectivity index (χ4v) is 3.57. The summed E-state index contributed by atoms with van der Waals surface area (Å²) in [6.07, 6.45) is -0.180. The van der Waals surface area contributed by atoms with E-state index in [1.165, 1.54) is 0 Å². The van der Waals surface area contributed by atoms with E-state index in [0.29, 0.717) is 6.42 Å². The maximum atomic E-state index is 12.6. The topological polar surface area (TPSA) is 179 Å². The van der Waals surface area contributed by atoms with E-state index in [4.69, 9.17) is 10.8 Å². The van der Waals surface area contributed by atoms with Gasteiger partial charge in [0.15, 0.2) is 0 Å². The Morgan fingerprint density at radius 1 is 1.14 bits per heavy atom. The van der Waals surface area contributed by atoms with Crippen LogP contribution in [-0.2, 0) is 25.4 Å². The molecule has 0 aliphatic rings. The van der Waals surface area contributed by atoms with Crippen LogP contribution in [0.5, 0.6) is 0 Å². The smallest absolute Gasteiger partial charge is 0.342 e. The number of primary amides is 1. The lowest BCUT2D eigenvalue weighted by molar-refractivity contribution is -0.140. The molecule has 3 atom stereocenters. The maximum absolute atomic E-state index is 12.6. The van der Waals surface area contributed by atoms with Crippen LogP contribution in [0.1, 0.15) is 31.7 Å². The van der Waals surface area contributed by atoms with Gasteiger partial charge in [-0.3, -0.25) is 24.3 Å². The van der Waals surface area contributed by atoms with Crippen LogP contribution in [0, 0.1) is 0 Å². The number of carboxylic acids is 1. The maximum Gasteiger partial charge on any atom is 0.342 e. The number of nitrogens with two attached hydrogens (primary N) is 1. The van der Waals surface area contributed by atoms with Crippen molar-refractivity contribution >= 4 is 25.4 Å². The Morgan fingerprint density at radius 3 is 2.21 bits per heavy atom. The molecule has 2 amide bonds. The van der Waals surface area contributed by atoms with Crippen molar-refractivity contribution in [2.45, 2.75) is 50.5 Å². The molecule has 1 aromatic rings. The van der Waals surface area contributed by atoms with Crippen molar-refractivity contribution < 1.29 is 33.8 Å². The van der Waals surface area contributed by atoms with Crippen molar-refractivity contribution in [1.82, 2.24) is 10.6 Å². The summed E-state index contributed by atoms with van der Waals surface area (Å²) < 4.78 is 11.6. The number of nitrogens with one attached hydrogen (secondary N) is 2. The Hall–Kier alpha value is -2.26. The normalized spacial score (nSPS) is 14.7. The number of benzene rings is 1. The van der Waals surface area contributed by atoms with Crippen LogP contribution in [-0.4, -0.2) is 50.5 Å². The van der Waals surface area contributed by atoms with Gasteiger partial charge in [-0.05, 0) is 12.0 Å². The molecule has 1 unspecified atom stereocenters. The van der Waals surface area contributed by atoms with Gasteiger partial charge in [-0.1, -0.05) is 43.7 Å². The third kappa shape index (κ3) is 8.18. The molecule has 0 aromatic heterocycles. The third-order valence-corrected chi connectivity index (χ3v) is 5.22. The predicted molar refractivity (Wildman–Crippen MR) is 101 cm³/mol. The second kappa shape index (κ2) is 10.9. The quantitative estimate of drug-likeness (QED) is 0.257. The molecule has 11 heteroatoms. The van der Waals surface area contributed by atoms with Crippen LogP contribution in [0.2, 0.25) is 0 Å².